The molecule has 0 amide bonds. The minimum Gasteiger partial charge on any atom is -0.493 e. The maximum atomic E-state index is 12.9. The Morgan fingerprint density at radius 2 is 1.24 bits per heavy atom. The largest absolute Gasteiger partial charge is 0.493 e. The molecule has 3 rings (SSSR count). The van der Waals surface area contributed by atoms with E-state index < -0.39 is 9.84 Å². The standard InChI is InChI=1S/C23H31NO7S2/c1-27-16-10-14(11-17(28-2)22(16)30-4)19-6-7-20(32-19)15-12-18(29-3)23(31-5)21(13-15)33(25,26)9-8-24/h10-13,19-20H,6-9,24H2,1-5H3/t19-,20-/m1/s1. The molecule has 0 bridgehead atoms. The predicted molar refractivity (Wildman–Crippen MR) is 129 cm³/mol. The monoisotopic (exact) mass is 497 g/mol. The van der Waals surface area contributed by atoms with Gasteiger partial charge in [-0.25, -0.2) is 8.42 Å². The summed E-state index contributed by atoms with van der Waals surface area (Å²) in [5.74, 6) is 2.20. The molecule has 0 aliphatic carbocycles. The summed E-state index contributed by atoms with van der Waals surface area (Å²) in [6.45, 7) is 0.0272. The van der Waals surface area contributed by atoms with Crippen molar-refractivity contribution in [2.45, 2.75) is 28.2 Å². The highest BCUT2D eigenvalue weighted by molar-refractivity contribution is 8.00. The maximum absolute atomic E-state index is 12.9. The number of thioether (sulfide) groups is 1. The molecular formula is C23H31NO7S2. The third-order valence-electron chi connectivity index (χ3n) is 5.64. The third kappa shape index (κ3) is 5.12. The van der Waals surface area contributed by atoms with Crippen molar-refractivity contribution in [3.05, 3.63) is 35.4 Å². The van der Waals surface area contributed by atoms with E-state index in [-0.39, 0.29) is 33.4 Å². The number of ether oxygens (including phenoxy) is 5. The summed E-state index contributed by atoms with van der Waals surface area (Å²) in [6, 6.07) is 7.48. The Morgan fingerprint density at radius 3 is 1.67 bits per heavy atom. The molecule has 0 aromatic heterocycles. The Bertz CT molecular complexity index is 1060. The molecule has 2 aromatic rings. The first-order valence-electron chi connectivity index (χ1n) is 10.5. The maximum Gasteiger partial charge on any atom is 0.203 e. The molecule has 1 aliphatic heterocycles. The van der Waals surface area contributed by atoms with E-state index in [0.29, 0.717) is 23.0 Å². The summed E-state index contributed by atoms with van der Waals surface area (Å²) < 4.78 is 53.0. The summed E-state index contributed by atoms with van der Waals surface area (Å²) in [5.41, 5.74) is 7.48. The van der Waals surface area contributed by atoms with Gasteiger partial charge in [0.2, 0.25) is 5.75 Å². The average molecular weight is 498 g/mol. The van der Waals surface area contributed by atoms with Gasteiger partial charge in [-0.2, -0.15) is 0 Å². The quantitative estimate of drug-likeness (QED) is 0.525. The van der Waals surface area contributed by atoms with Gasteiger partial charge in [0.05, 0.1) is 41.3 Å². The number of hydrogen-bond donors (Lipinski definition) is 1. The number of nitrogens with two attached hydrogens (primary N) is 1. The first kappa shape index (κ1) is 25.3. The van der Waals surface area contributed by atoms with Gasteiger partial charge < -0.3 is 29.4 Å². The van der Waals surface area contributed by atoms with Crippen LogP contribution in [-0.2, 0) is 9.84 Å². The molecule has 1 saturated heterocycles. The number of methoxy groups -OCH3 is 5. The molecule has 0 unspecified atom stereocenters. The number of benzene rings is 2. The number of sulfone groups is 1. The van der Waals surface area contributed by atoms with E-state index in [1.165, 1.54) is 14.2 Å². The van der Waals surface area contributed by atoms with Crippen molar-refractivity contribution in [1.82, 2.24) is 0 Å². The Kier molecular flexibility index (Phi) is 8.25. The molecule has 33 heavy (non-hydrogen) atoms. The molecule has 10 heteroatoms. The molecule has 0 radical (unpaired) electrons. The van der Waals surface area contributed by atoms with Crippen molar-refractivity contribution in [1.29, 1.82) is 0 Å². The van der Waals surface area contributed by atoms with Crippen LogP contribution >= 0.6 is 11.8 Å². The number of rotatable bonds is 10. The normalized spacial score (nSPS) is 18.1. The fourth-order valence-corrected chi connectivity index (χ4v) is 6.89. The van der Waals surface area contributed by atoms with E-state index in [9.17, 15) is 8.42 Å². The van der Waals surface area contributed by atoms with Crippen LogP contribution in [0.15, 0.2) is 29.2 Å². The van der Waals surface area contributed by atoms with Gasteiger partial charge in [0, 0.05) is 17.0 Å². The predicted octanol–water partition coefficient (Wildman–Crippen LogP) is 3.77. The fourth-order valence-electron chi connectivity index (χ4n) is 4.05. The average Bonchev–Trinajstić information content (AvgIpc) is 3.32. The van der Waals surface area contributed by atoms with E-state index in [2.05, 4.69) is 0 Å². The zero-order chi connectivity index (χ0) is 24.2. The Morgan fingerprint density at radius 1 is 0.788 bits per heavy atom. The highest BCUT2D eigenvalue weighted by atomic mass is 32.2. The second kappa shape index (κ2) is 10.8. The zero-order valence-corrected chi connectivity index (χ0v) is 21.2. The molecule has 2 atom stereocenters. The van der Waals surface area contributed by atoms with Crippen LogP contribution in [0.5, 0.6) is 28.7 Å². The molecule has 0 saturated carbocycles. The van der Waals surface area contributed by atoms with Crippen molar-refractivity contribution in [2.24, 2.45) is 5.73 Å². The minimum atomic E-state index is -3.62. The topological polar surface area (TPSA) is 106 Å². The zero-order valence-electron chi connectivity index (χ0n) is 19.5. The lowest BCUT2D eigenvalue weighted by molar-refractivity contribution is 0.323. The van der Waals surface area contributed by atoms with Crippen LogP contribution in [-0.4, -0.2) is 56.3 Å². The molecular weight excluding hydrogens is 466 g/mol. The molecule has 8 nitrogen and oxygen atoms in total. The van der Waals surface area contributed by atoms with Gasteiger partial charge in [0.1, 0.15) is 4.90 Å². The summed E-state index contributed by atoms with van der Waals surface area (Å²) in [5, 5.41) is 0.265. The van der Waals surface area contributed by atoms with Crippen LogP contribution in [0, 0.1) is 0 Å². The van der Waals surface area contributed by atoms with Gasteiger partial charge in [-0.3, -0.25) is 0 Å². The van der Waals surface area contributed by atoms with Gasteiger partial charge >= 0.3 is 0 Å². The second-order valence-corrected chi connectivity index (χ2v) is 11.0. The molecule has 1 fully saturated rings. The SMILES string of the molecule is COc1cc([C@H]2CC[C@H](c3cc(OC)c(OC)c(S(=O)(=O)CCN)c3)S2)cc(OC)c1OC. The number of hydrogen-bond acceptors (Lipinski definition) is 9. The van der Waals surface area contributed by atoms with E-state index in [1.807, 2.05) is 18.2 Å². The molecule has 1 aliphatic rings. The van der Waals surface area contributed by atoms with Crippen LogP contribution < -0.4 is 29.4 Å². The summed E-state index contributed by atoms with van der Waals surface area (Å²) in [6.07, 6.45) is 1.78. The molecule has 1 heterocycles. The van der Waals surface area contributed by atoms with Gasteiger partial charge in [0.25, 0.3) is 0 Å². The highest BCUT2D eigenvalue weighted by Gasteiger charge is 2.32. The smallest absolute Gasteiger partial charge is 0.203 e. The van der Waals surface area contributed by atoms with Crippen molar-refractivity contribution < 1.29 is 32.1 Å². The third-order valence-corrected chi connectivity index (χ3v) is 9.06. The molecule has 182 valence electrons. The van der Waals surface area contributed by atoms with Crippen molar-refractivity contribution >= 4 is 21.6 Å². The summed E-state index contributed by atoms with van der Waals surface area (Å²) >= 11 is 1.77. The van der Waals surface area contributed by atoms with Gasteiger partial charge in [-0.1, -0.05) is 0 Å². The summed E-state index contributed by atoms with van der Waals surface area (Å²) in [7, 11) is 4.09. The Labute approximate surface area is 199 Å². The molecule has 2 aromatic carbocycles. The first-order valence-corrected chi connectivity index (χ1v) is 13.1. The molecule has 0 spiro atoms. The van der Waals surface area contributed by atoms with Crippen LogP contribution in [0.1, 0.15) is 34.5 Å². The van der Waals surface area contributed by atoms with Crippen LogP contribution in [0.2, 0.25) is 0 Å². The lowest BCUT2D eigenvalue weighted by Gasteiger charge is -2.19. The van der Waals surface area contributed by atoms with E-state index in [4.69, 9.17) is 29.4 Å². The Hall–Kier alpha value is -2.30. The van der Waals surface area contributed by atoms with E-state index >= 15 is 0 Å². The fraction of sp³-hybridized carbons (Fsp3) is 0.478. The van der Waals surface area contributed by atoms with Crippen LogP contribution in [0.3, 0.4) is 0 Å². The first-order chi connectivity index (χ1) is 15.8. The van der Waals surface area contributed by atoms with Gasteiger partial charge in [0.15, 0.2) is 32.8 Å². The van der Waals surface area contributed by atoms with E-state index in [0.717, 1.165) is 24.0 Å². The summed E-state index contributed by atoms with van der Waals surface area (Å²) in [4.78, 5) is 0.113. The van der Waals surface area contributed by atoms with Gasteiger partial charge in [-0.15, -0.1) is 11.8 Å². The second-order valence-electron chi connectivity index (χ2n) is 7.51. The van der Waals surface area contributed by atoms with Gasteiger partial charge in [-0.05, 0) is 48.2 Å². The minimum absolute atomic E-state index is 0.0272. The van der Waals surface area contributed by atoms with Crippen molar-refractivity contribution in [3.63, 3.8) is 0 Å². The van der Waals surface area contributed by atoms with Crippen LogP contribution in [0.4, 0.5) is 0 Å². The lowest BCUT2D eigenvalue weighted by Crippen LogP contribution is -2.17. The lowest BCUT2D eigenvalue weighted by atomic mass is 10.0. The molecule has 2 N–H and O–H groups in total. The van der Waals surface area contributed by atoms with E-state index in [1.54, 1.807) is 39.2 Å². The van der Waals surface area contributed by atoms with Crippen molar-refractivity contribution in [2.75, 3.05) is 47.8 Å². The van der Waals surface area contributed by atoms with Crippen molar-refractivity contribution in [3.8, 4) is 28.7 Å². The highest BCUT2D eigenvalue weighted by Crippen LogP contribution is 2.55. The van der Waals surface area contributed by atoms with Crippen LogP contribution in [0.25, 0.3) is 0 Å². The Balaban J connectivity index is 1.97.